The van der Waals surface area contributed by atoms with Gasteiger partial charge in [-0.2, -0.15) is 0 Å². The molecule has 1 N–H and O–H groups in total. The number of nitrogens with one attached hydrogen (secondary N) is 1. The van der Waals surface area contributed by atoms with Crippen molar-refractivity contribution in [3.05, 3.63) is 101 Å². The molecule has 0 radical (unpaired) electrons. The number of hydrogen-bond acceptors (Lipinski definition) is 4. The van der Waals surface area contributed by atoms with Crippen LogP contribution in [0.2, 0.25) is 5.02 Å². The molecule has 1 unspecified atom stereocenters. The molecule has 3 aromatic carbocycles. The largest absolute Gasteiger partial charge is 0.376 e. The summed E-state index contributed by atoms with van der Waals surface area (Å²) in [6.07, 6.45) is 3.60. The maximum Gasteiger partial charge on any atom is 0.254 e. The van der Waals surface area contributed by atoms with Crippen LogP contribution in [0, 0.1) is 0 Å². The van der Waals surface area contributed by atoms with Crippen LogP contribution in [-0.4, -0.2) is 52.1 Å². The van der Waals surface area contributed by atoms with Gasteiger partial charge in [0.25, 0.3) is 5.91 Å². The molecule has 40 heavy (non-hydrogen) atoms. The van der Waals surface area contributed by atoms with Crippen LogP contribution in [0.5, 0.6) is 0 Å². The van der Waals surface area contributed by atoms with Crippen LogP contribution in [0.15, 0.2) is 85.1 Å². The maximum absolute atomic E-state index is 13.4. The Morgan fingerprint density at radius 3 is 2.42 bits per heavy atom. The van der Waals surface area contributed by atoms with Gasteiger partial charge < -0.3 is 9.64 Å². The number of anilines is 1. The number of hydrogen-bond donors (Lipinski definition) is 1. The Balaban J connectivity index is 1.41. The summed E-state index contributed by atoms with van der Waals surface area (Å²) in [6, 6.07) is 24.7. The van der Waals surface area contributed by atoms with E-state index in [0.29, 0.717) is 35.6 Å². The van der Waals surface area contributed by atoms with Crippen molar-refractivity contribution < 1.29 is 14.3 Å². The quantitative estimate of drug-likeness (QED) is 0.253. The molecule has 0 aliphatic carbocycles. The van der Waals surface area contributed by atoms with E-state index in [9.17, 15) is 9.59 Å². The number of halogens is 1. The molecule has 2 amide bonds. The fourth-order valence-corrected chi connectivity index (χ4v) is 4.93. The van der Waals surface area contributed by atoms with Gasteiger partial charge in [0.1, 0.15) is 6.54 Å². The minimum Gasteiger partial charge on any atom is -0.376 e. The number of rotatable bonds is 9. The first kappa shape index (κ1) is 27.6. The molecular formula is C32H33ClN4O3. The third kappa shape index (κ3) is 6.61. The highest BCUT2D eigenvalue weighted by atomic mass is 35.5. The van der Waals surface area contributed by atoms with E-state index in [1.807, 2.05) is 53.2 Å². The van der Waals surface area contributed by atoms with Crippen molar-refractivity contribution in [3.8, 4) is 16.9 Å². The van der Waals surface area contributed by atoms with E-state index in [0.717, 1.165) is 29.8 Å². The van der Waals surface area contributed by atoms with Crippen molar-refractivity contribution in [2.75, 3.05) is 25.0 Å². The van der Waals surface area contributed by atoms with Gasteiger partial charge in [-0.3, -0.25) is 19.5 Å². The van der Waals surface area contributed by atoms with Gasteiger partial charge in [-0.25, -0.2) is 4.98 Å². The van der Waals surface area contributed by atoms with Crippen molar-refractivity contribution in [3.63, 3.8) is 0 Å². The van der Waals surface area contributed by atoms with Crippen LogP contribution in [0.4, 0.5) is 5.95 Å². The normalized spacial score (nSPS) is 14.8. The van der Waals surface area contributed by atoms with Gasteiger partial charge in [-0.1, -0.05) is 67.9 Å². The molecule has 0 bridgehead atoms. The average molecular weight is 557 g/mol. The van der Waals surface area contributed by atoms with Crippen LogP contribution in [-0.2, 0) is 9.53 Å². The predicted molar refractivity (Wildman–Crippen MR) is 158 cm³/mol. The zero-order valence-corrected chi connectivity index (χ0v) is 23.5. The van der Waals surface area contributed by atoms with Gasteiger partial charge >= 0.3 is 0 Å². The van der Waals surface area contributed by atoms with E-state index in [1.165, 1.54) is 10.5 Å². The summed E-state index contributed by atoms with van der Waals surface area (Å²) in [7, 11) is 0. The van der Waals surface area contributed by atoms with Crippen LogP contribution in [0.3, 0.4) is 0 Å². The molecule has 1 fully saturated rings. The highest BCUT2D eigenvalue weighted by Gasteiger charge is 2.26. The number of benzene rings is 3. The van der Waals surface area contributed by atoms with Gasteiger partial charge in [0.15, 0.2) is 0 Å². The van der Waals surface area contributed by atoms with Crippen LogP contribution >= 0.6 is 11.6 Å². The first-order valence-corrected chi connectivity index (χ1v) is 14.0. The number of nitrogens with zero attached hydrogens (tertiary/aromatic N) is 3. The molecule has 1 aromatic heterocycles. The molecular weight excluding hydrogens is 524 g/mol. The summed E-state index contributed by atoms with van der Waals surface area (Å²) >= 11 is 6.03. The van der Waals surface area contributed by atoms with E-state index in [2.05, 4.69) is 31.3 Å². The summed E-state index contributed by atoms with van der Waals surface area (Å²) in [4.78, 5) is 33.2. The Morgan fingerprint density at radius 2 is 1.77 bits per heavy atom. The molecule has 2 heterocycles. The number of imidazole rings is 1. The molecule has 5 rings (SSSR count). The lowest BCUT2D eigenvalue weighted by Gasteiger charge is -2.25. The summed E-state index contributed by atoms with van der Waals surface area (Å²) in [5, 5.41) is 3.51. The van der Waals surface area contributed by atoms with Gasteiger partial charge in [0, 0.05) is 41.2 Å². The summed E-state index contributed by atoms with van der Waals surface area (Å²) in [5.74, 6) is 0.200. The summed E-state index contributed by atoms with van der Waals surface area (Å²) < 4.78 is 7.65. The standard InChI is InChI=1S/C32H33ClN4O3/c1-22(2)23-12-16-27(17-13-23)37-20-29(24-7-4-3-5-8-24)34-32(37)35-30(38)21-36(19-28-9-6-18-40-28)31(39)25-10-14-26(33)15-11-25/h3-5,7-8,10-17,20,22,28H,6,9,18-19,21H2,1-2H3,(H,34,35,38). The Labute approximate surface area is 239 Å². The average Bonchev–Trinajstić information content (AvgIpc) is 3.63. The van der Waals surface area contributed by atoms with E-state index in [1.54, 1.807) is 24.3 Å². The molecule has 1 aliphatic rings. The monoisotopic (exact) mass is 556 g/mol. The second kappa shape index (κ2) is 12.5. The lowest BCUT2D eigenvalue weighted by atomic mass is 10.0. The van der Waals surface area contributed by atoms with Crippen molar-refractivity contribution in [2.24, 2.45) is 0 Å². The van der Waals surface area contributed by atoms with Crippen LogP contribution < -0.4 is 5.32 Å². The number of amides is 2. The lowest BCUT2D eigenvalue weighted by Crippen LogP contribution is -2.42. The maximum atomic E-state index is 13.4. The van der Waals surface area contributed by atoms with E-state index >= 15 is 0 Å². The Kier molecular flexibility index (Phi) is 8.63. The molecule has 0 spiro atoms. The zero-order valence-electron chi connectivity index (χ0n) is 22.7. The third-order valence-corrected chi connectivity index (χ3v) is 7.28. The summed E-state index contributed by atoms with van der Waals surface area (Å²) in [5.41, 5.74) is 4.24. The van der Waals surface area contributed by atoms with Crippen molar-refractivity contribution >= 4 is 29.4 Å². The van der Waals surface area contributed by atoms with Gasteiger partial charge in [0.05, 0.1) is 11.8 Å². The van der Waals surface area contributed by atoms with E-state index in [4.69, 9.17) is 21.3 Å². The number of carbonyl (C=O) groups is 2. The van der Waals surface area contributed by atoms with E-state index < -0.39 is 0 Å². The Hall–Kier alpha value is -3.94. The highest BCUT2D eigenvalue weighted by Crippen LogP contribution is 2.26. The molecule has 1 atom stereocenters. The predicted octanol–water partition coefficient (Wildman–Crippen LogP) is 6.58. The van der Waals surface area contributed by atoms with Crippen LogP contribution in [0.25, 0.3) is 16.9 Å². The van der Waals surface area contributed by atoms with Gasteiger partial charge in [-0.05, 0) is 60.7 Å². The molecule has 206 valence electrons. The fraction of sp³-hybridized carbons (Fsp3) is 0.281. The fourth-order valence-electron chi connectivity index (χ4n) is 4.80. The lowest BCUT2D eigenvalue weighted by molar-refractivity contribution is -0.117. The first-order valence-electron chi connectivity index (χ1n) is 13.6. The van der Waals surface area contributed by atoms with Crippen molar-refractivity contribution in [1.29, 1.82) is 0 Å². The number of ether oxygens (including phenoxy) is 1. The molecule has 8 heteroatoms. The second-order valence-corrected chi connectivity index (χ2v) is 10.7. The Morgan fingerprint density at radius 1 is 1.05 bits per heavy atom. The Bertz CT molecular complexity index is 1440. The molecule has 1 saturated heterocycles. The molecule has 0 saturated carbocycles. The van der Waals surface area contributed by atoms with Gasteiger partial charge in [0.2, 0.25) is 11.9 Å². The third-order valence-electron chi connectivity index (χ3n) is 7.03. The molecule has 4 aromatic rings. The first-order chi connectivity index (χ1) is 19.4. The molecule has 7 nitrogen and oxygen atoms in total. The minimum absolute atomic E-state index is 0.102. The van der Waals surface area contributed by atoms with Crippen LogP contribution in [0.1, 0.15) is 48.5 Å². The summed E-state index contributed by atoms with van der Waals surface area (Å²) in [6.45, 7) is 5.16. The molecule has 1 aliphatic heterocycles. The SMILES string of the molecule is CC(C)c1ccc(-n2cc(-c3ccccc3)nc2NC(=O)CN(CC2CCCO2)C(=O)c2ccc(Cl)cc2)cc1. The van der Waals surface area contributed by atoms with Gasteiger partial charge in [-0.15, -0.1) is 0 Å². The minimum atomic E-state index is -0.342. The number of aromatic nitrogens is 2. The smallest absolute Gasteiger partial charge is 0.254 e. The highest BCUT2D eigenvalue weighted by molar-refractivity contribution is 6.30. The topological polar surface area (TPSA) is 76.5 Å². The zero-order chi connectivity index (χ0) is 28.1. The second-order valence-electron chi connectivity index (χ2n) is 10.3. The van der Waals surface area contributed by atoms with Crippen molar-refractivity contribution in [1.82, 2.24) is 14.5 Å². The van der Waals surface area contributed by atoms with Crippen molar-refractivity contribution in [2.45, 2.75) is 38.7 Å². The van der Waals surface area contributed by atoms with E-state index in [-0.39, 0.29) is 24.5 Å². The number of carbonyl (C=O) groups excluding carboxylic acids is 2.